The average molecular weight is 300 g/mol. The maximum absolute atomic E-state index is 13.3. The Morgan fingerprint density at radius 1 is 1.05 bits per heavy atom. The summed E-state index contributed by atoms with van der Waals surface area (Å²) in [4.78, 5) is 19.1. The van der Waals surface area contributed by atoms with Crippen molar-refractivity contribution in [2.75, 3.05) is 14.2 Å². The predicted octanol–water partition coefficient (Wildman–Crippen LogP) is 2.75. The van der Waals surface area contributed by atoms with Gasteiger partial charge in [-0.15, -0.1) is 0 Å². The minimum Gasteiger partial charge on any atom is -0.497 e. The van der Waals surface area contributed by atoms with Crippen molar-refractivity contribution >= 4 is 10.9 Å². The van der Waals surface area contributed by atoms with Crippen LogP contribution in [0.25, 0.3) is 22.3 Å². The summed E-state index contributed by atoms with van der Waals surface area (Å²) in [5, 5.41) is 0.333. The van der Waals surface area contributed by atoms with Crippen LogP contribution in [0, 0.1) is 5.82 Å². The van der Waals surface area contributed by atoms with Crippen LogP contribution in [0.2, 0.25) is 0 Å². The molecule has 0 spiro atoms. The molecular weight excluding hydrogens is 287 g/mol. The highest BCUT2D eigenvalue weighted by Gasteiger charge is 2.09. The standard InChI is InChI=1S/C16H13FN2O3/c1-21-11-5-9(6-12(8-11)22-2)15-18-14-7-10(17)3-4-13(14)16(20)19-15/h3-8H,1-2H3,(H,18,19,20). The van der Waals surface area contributed by atoms with Gasteiger partial charge in [-0.3, -0.25) is 4.79 Å². The molecular formula is C16H13FN2O3. The van der Waals surface area contributed by atoms with E-state index in [4.69, 9.17) is 9.47 Å². The highest BCUT2D eigenvalue weighted by Crippen LogP contribution is 2.28. The summed E-state index contributed by atoms with van der Waals surface area (Å²) in [6, 6.07) is 9.01. The summed E-state index contributed by atoms with van der Waals surface area (Å²) < 4.78 is 23.7. The van der Waals surface area contributed by atoms with E-state index in [9.17, 15) is 9.18 Å². The Labute approximate surface area is 125 Å². The number of nitrogens with zero attached hydrogens (tertiary/aromatic N) is 1. The van der Waals surface area contributed by atoms with Gasteiger partial charge >= 0.3 is 0 Å². The lowest BCUT2D eigenvalue weighted by Crippen LogP contribution is -2.09. The van der Waals surface area contributed by atoms with Crippen LogP contribution in [0.5, 0.6) is 11.5 Å². The number of nitrogens with one attached hydrogen (secondary N) is 1. The Hall–Kier alpha value is -2.89. The maximum atomic E-state index is 13.3. The number of fused-ring (bicyclic) bond motifs is 1. The van der Waals surface area contributed by atoms with E-state index in [1.165, 1.54) is 32.4 Å². The summed E-state index contributed by atoms with van der Waals surface area (Å²) in [5.41, 5.74) is 0.571. The molecule has 0 radical (unpaired) electrons. The monoisotopic (exact) mass is 300 g/mol. The Balaban J connectivity index is 2.24. The third-order valence-corrected chi connectivity index (χ3v) is 3.29. The van der Waals surface area contributed by atoms with Gasteiger partial charge in [0.05, 0.1) is 25.1 Å². The molecule has 112 valence electrons. The van der Waals surface area contributed by atoms with Gasteiger partial charge in [0.2, 0.25) is 0 Å². The molecule has 0 aliphatic heterocycles. The van der Waals surface area contributed by atoms with Crippen LogP contribution in [-0.4, -0.2) is 24.2 Å². The number of rotatable bonds is 3. The first kappa shape index (κ1) is 14.1. The van der Waals surface area contributed by atoms with E-state index in [0.29, 0.717) is 33.8 Å². The molecule has 0 bridgehead atoms. The van der Waals surface area contributed by atoms with Crippen LogP contribution in [0.3, 0.4) is 0 Å². The second-order valence-electron chi connectivity index (χ2n) is 4.68. The smallest absolute Gasteiger partial charge is 0.259 e. The summed E-state index contributed by atoms with van der Waals surface area (Å²) in [6.07, 6.45) is 0. The van der Waals surface area contributed by atoms with Crippen LogP contribution in [0.15, 0.2) is 41.2 Å². The molecule has 3 rings (SSSR count). The van der Waals surface area contributed by atoms with Crippen molar-refractivity contribution in [3.05, 3.63) is 52.6 Å². The van der Waals surface area contributed by atoms with Crippen LogP contribution < -0.4 is 15.0 Å². The number of halogens is 1. The largest absolute Gasteiger partial charge is 0.497 e. The van der Waals surface area contributed by atoms with Crippen molar-refractivity contribution in [3.8, 4) is 22.9 Å². The number of hydrogen-bond acceptors (Lipinski definition) is 4. The quantitative estimate of drug-likeness (QED) is 0.808. The van der Waals surface area contributed by atoms with Gasteiger partial charge in [-0.1, -0.05) is 0 Å². The molecule has 6 heteroatoms. The number of methoxy groups -OCH3 is 2. The SMILES string of the molecule is COc1cc(OC)cc(-c2nc3cc(F)ccc3c(=O)[nH]2)c1. The number of H-pyrrole nitrogens is 1. The summed E-state index contributed by atoms with van der Waals surface area (Å²) in [5.74, 6) is 1.01. The summed E-state index contributed by atoms with van der Waals surface area (Å²) >= 11 is 0. The van der Waals surface area contributed by atoms with Gasteiger partial charge in [0, 0.05) is 17.7 Å². The molecule has 1 heterocycles. The molecule has 0 fully saturated rings. The lowest BCUT2D eigenvalue weighted by molar-refractivity contribution is 0.394. The first-order valence-corrected chi connectivity index (χ1v) is 6.54. The summed E-state index contributed by atoms with van der Waals surface area (Å²) in [6.45, 7) is 0. The number of benzene rings is 2. The zero-order valence-electron chi connectivity index (χ0n) is 12.0. The van der Waals surface area contributed by atoms with Crippen molar-refractivity contribution < 1.29 is 13.9 Å². The highest BCUT2D eigenvalue weighted by molar-refractivity contribution is 5.79. The number of aromatic nitrogens is 2. The molecule has 1 aromatic heterocycles. The molecule has 3 aromatic rings. The molecule has 5 nitrogen and oxygen atoms in total. The molecule has 0 atom stereocenters. The minimum absolute atomic E-state index is 0.292. The van der Waals surface area contributed by atoms with Gasteiger partial charge in [0.25, 0.3) is 5.56 Å². The van der Waals surface area contributed by atoms with Gasteiger partial charge in [-0.25, -0.2) is 9.37 Å². The van der Waals surface area contributed by atoms with Crippen LogP contribution >= 0.6 is 0 Å². The fourth-order valence-electron chi connectivity index (χ4n) is 2.19. The van der Waals surface area contributed by atoms with E-state index in [-0.39, 0.29) is 5.56 Å². The molecule has 2 aromatic carbocycles. The van der Waals surface area contributed by atoms with E-state index in [1.807, 2.05) is 0 Å². The Kier molecular flexibility index (Phi) is 3.50. The van der Waals surface area contributed by atoms with Crippen molar-refractivity contribution in [1.29, 1.82) is 0 Å². The van der Waals surface area contributed by atoms with Crippen LogP contribution in [0.4, 0.5) is 4.39 Å². The molecule has 0 amide bonds. The molecule has 0 saturated carbocycles. The minimum atomic E-state index is -0.445. The van der Waals surface area contributed by atoms with E-state index < -0.39 is 5.82 Å². The van der Waals surface area contributed by atoms with Gasteiger partial charge in [0.1, 0.15) is 23.1 Å². The molecule has 22 heavy (non-hydrogen) atoms. The topological polar surface area (TPSA) is 64.2 Å². The average Bonchev–Trinajstić information content (AvgIpc) is 2.53. The van der Waals surface area contributed by atoms with E-state index in [0.717, 1.165) is 0 Å². The molecule has 1 N–H and O–H groups in total. The second-order valence-corrected chi connectivity index (χ2v) is 4.68. The van der Waals surface area contributed by atoms with Crippen molar-refractivity contribution in [3.63, 3.8) is 0 Å². The number of hydrogen-bond donors (Lipinski definition) is 1. The Morgan fingerprint density at radius 2 is 1.73 bits per heavy atom. The third kappa shape index (κ3) is 2.50. The predicted molar refractivity (Wildman–Crippen MR) is 80.9 cm³/mol. The zero-order chi connectivity index (χ0) is 15.7. The molecule has 0 saturated heterocycles. The third-order valence-electron chi connectivity index (χ3n) is 3.29. The Bertz CT molecular complexity index is 883. The maximum Gasteiger partial charge on any atom is 0.259 e. The molecule has 0 unspecified atom stereocenters. The second kappa shape index (κ2) is 5.48. The molecule has 0 aliphatic rings. The lowest BCUT2D eigenvalue weighted by atomic mass is 10.1. The Morgan fingerprint density at radius 3 is 2.36 bits per heavy atom. The van der Waals surface area contributed by atoms with Gasteiger partial charge in [0.15, 0.2) is 0 Å². The number of ether oxygens (including phenoxy) is 2. The first-order chi connectivity index (χ1) is 10.6. The van der Waals surface area contributed by atoms with Gasteiger partial charge < -0.3 is 14.5 Å². The first-order valence-electron chi connectivity index (χ1n) is 6.54. The van der Waals surface area contributed by atoms with Crippen molar-refractivity contribution in [1.82, 2.24) is 9.97 Å². The van der Waals surface area contributed by atoms with Crippen molar-refractivity contribution in [2.24, 2.45) is 0 Å². The van der Waals surface area contributed by atoms with Crippen LogP contribution in [0.1, 0.15) is 0 Å². The lowest BCUT2D eigenvalue weighted by Gasteiger charge is -2.08. The van der Waals surface area contributed by atoms with Gasteiger partial charge in [-0.05, 0) is 24.3 Å². The van der Waals surface area contributed by atoms with E-state index in [1.54, 1.807) is 18.2 Å². The zero-order valence-corrected chi connectivity index (χ0v) is 12.0. The van der Waals surface area contributed by atoms with Crippen LogP contribution in [-0.2, 0) is 0 Å². The molecule has 0 aliphatic carbocycles. The number of aromatic amines is 1. The van der Waals surface area contributed by atoms with E-state index in [2.05, 4.69) is 9.97 Å². The van der Waals surface area contributed by atoms with E-state index >= 15 is 0 Å². The fraction of sp³-hybridized carbons (Fsp3) is 0.125. The summed E-state index contributed by atoms with van der Waals surface area (Å²) in [7, 11) is 3.06. The van der Waals surface area contributed by atoms with Gasteiger partial charge in [-0.2, -0.15) is 0 Å². The fourth-order valence-corrected chi connectivity index (χ4v) is 2.19. The normalized spacial score (nSPS) is 10.7. The highest BCUT2D eigenvalue weighted by atomic mass is 19.1. The van der Waals surface area contributed by atoms with Crippen molar-refractivity contribution in [2.45, 2.75) is 0 Å².